The van der Waals surface area contributed by atoms with Crippen molar-refractivity contribution < 1.29 is 4.79 Å². The fourth-order valence-electron chi connectivity index (χ4n) is 2.77. The summed E-state index contributed by atoms with van der Waals surface area (Å²) in [5.41, 5.74) is 3.70. The topological polar surface area (TPSA) is 59.8 Å². The van der Waals surface area contributed by atoms with Crippen molar-refractivity contribution in [1.29, 1.82) is 0 Å². The average Bonchev–Trinajstić information content (AvgIpc) is 2.92. The summed E-state index contributed by atoms with van der Waals surface area (Å²) in [6.45, 7) is 5.11. The Morgan fingerprint density at radius 1 is 1.26 bits per heavy atom. The second-order valence-corrected chi connectivity index (χ2v) is 5.42. The number of rotatable bonds is 5. The molecule has 0 aliphatic carbocycles. The van der Waals surface area contributed by atoms with Crippen LogP contribution in [0.4, 0.5) is 5.69 Å². The molecule has 1 N–H and O–H groups in total. The van der Waals surface area contributed by atoms with Crippen LogP contribution in [0.2, 0.25) is 0 Å². The monoisotopic (exact) mass is 308 g/mol. The molecule has 1 aromatic carbocycles. The molecule has 0 atom stereocenters. The van der Waals surface area contributed by atoms with Gasteiger partial charge < -0.3 is 9.88 Å². The number of amides is 1. The van der Waals surface area contributed by atoms with Gasteiger partial charge in [-0.05, 0) is 36.8 Å². The number of carbonyl (C=O) groups excluding carboxylic acids is 1. The zero-order valence-electron chi connectivity index (χ0n) is 13.4. The number of hydrogen-bond donors (Lipinski definition) is 1. The second kappa shape index (κ2) is 6.60. The Bertz CT molecular complexity index is 824. The van der Waals surface area contributed by atoms with Gasteiger partial charge in [0.15, 0.2) is 0 Å². The van der Waals surface area contributed by atoms with Gasteiger partial charge in [-0.3, -0.25) is 9.78 Å². The molecule has 0 saturated carbocycles. The van der Waals surface area contributed by atoms with Crippen molar-refractivity contribution in [3.05, 3.63) is 54.1 Å². The first-order valence-electron chi connectivity index (χ1n) is 7.89. The van der Waals surface area contributed by atoms with Gasteiger partial charge in [0.1, 0.15) is 5.82 Å². The Kier molecular flexibility index (Phi) is 4.37. The molecule has 23 heavy (non-hydrogen) atoms. The number of carbonyl (C=O) groups is 1. The number of aryl methyl sites for hydroxylation is 2. The molecule has 5 heteroatoms. The summed E-state index contributed by atoms with van der Waals surface area (Å²) in [5, 5.41) is 2.93. The molecule has 0 saturated heterocycles. The summed E-state index contributed by atoms with van der Waals surface area (Å²) >= 11 is 0. The van der Waals surface area contributed by atoms with E-state index in [4.69, 9.17) is 0 Å². The van der Waals surface area contributed by atoms with Gasteiger partial charge >= 0.3 is 0 Å². The van der Waals surface area contributed by atoms with Gasteiger partial charge in [0, 0.05) is 31.0 Å². The maximum atomic E-state index is 12.1. The van der Waals surface area contributed by atoms with Crippen molar-refractivity contribution in [1.82, 2.24) is 14.5 Å². The molecular formula is C18H20N4O. The standard InChI is InChI=1S/C18H20N4O/c1-3-17-21-15-11-14(7-8-16(15)22(17)4-2)20-18(23)10-13-6-5-9-19-12-13/h5-9,11-12H,3-4,10H2,1-2H3,(H,20,23). The molecule has 0 unspecified atom stereocenters. The van der Waals surface area contributed by atoms with E-state index in [0.29, 0.717) is 6.42 Å². The summed E-state index contributed by atoms with van der Waals surface area (Å²) in [7, 11) is 0. The van der Waals surface area contributed by atoms with Gasteiger partial charge in [-0.25, -0.2) is 4.98 Å². The van der Waals surface area contributed by atoms with Gasteiger partial charge in [0.2, 0.25) is 5.91 Å². The van der Waals surface area contributed by atoms with Crippen LogP contribution >= 0.6 is 0 Å². The number of anilines is 1. The highest BCUT2D eigenvalue weighted by Crippen LogP contribution is 2.21. The Morgan fingerprint density at radius 3 is 2.83 bits per heavy atom. The molecule has 0 aliphatic rings. The summed E-state index contributed by atoms with van der Waals surface area (Å²) < 4.78 is 2.20. The first kappa shape index (κ1) is 15.2. The minimum Gasteiger partial charge on any atom is -0.328 e. The highest BCUT2D eigenvalue weighted by molar-refractivity contribution is 5.94. The van der Waals surface area contributed by atoms with E-state index in [2.05, 4.69) is 33.7 Å². The molecule has 0 radical (unpaired) electrons. The van der Waals surface area contributed by atoms with E-state index >= 15 is 0 Å². The van der Waals surface area contributed by atoms with Crippen molar-refractivity contribution in [2.75, 3.05) is 5.32 Å². The van der Waals surface area contributed by atoms with Crippen LogP contribution in [0, 0.1) is 0 Å². The fourth-order valence-corrected chi connectivity index (χ4v) is 2.77. The summed E-state index contributed by atoms with van der Waals surface area (Å²) in [5.74, 6) is 1.02. The zero-order chi connectivity index (χ0) is 16.2. The molecule has 0 spiro atoms. The summed E-state index contributed by atoms with van der Waals surface area (Å²) in [4.78, 5) is 20.8. The number of benzene rings is 1. The predicted molar refractivity (Wildman–Crippen MR) is 91.4 cm³/mol. The SMILES string of the molecule is CCc1nc2cc(NC(=O)Cc3cccnc3)ccc2n1CC. The van der Waals surface area contributed by atoms with E-state index in [1.807, 2.05) is 30.3 Å². The first-order chi connectivity index (χ1) is 11.2. The van der Waals surface area contributed by atoms with Gasteiger partial charge in [-0.2, -0.15) is 0 Å². The molecule has 0 bridgehead atoms. The van der Waals surface area contributed by atoms with Crippen LogP contribution in [-0.4, -0.2) is 20.4 Å². The Balaban J connectivity index is 1.79. The molecule has 5 nitrogen and oxygen atoms in total. The lowest BCUT2D eigenvalue weighted by molar-refractivity contribution is -0.115. The lowest BCUT2D eigenvalue weighted by atomic mass is 10.2. The van der Waals surface area contributed by atoms with Crippen molar-refractivity contribution in [2.24, 2.45) is 0 Å². The minimum atomic E-state index is -0.0528. The van der Waals surface area contributed by atoms with Gasteiger partial charge in [-0.1, -0.05) is 13.0 Å². The van der Waals surface area contributed by atoms with Crippen LogP contribution in [0.25, 0.3) is 11.0 Å². The lowest BCUT2D eigenvalue weighted by Gasteiger charge is -2.06. The fraction of sp³-hybridized carbons (Fsp3) is 0.278. The van der Waals surface area contributed by atoms with Crippen LogP contribution in [0.15, 0.2) is 42.7 Å². The maximum Gasteiger partial charge on any atom is 0.228 e. The normalized spacial score (nSPS) is 10.9. The summed E-state index contributed by atoms with van der Waals surface area (Å²) in [6, 6.07) is 9.60. The van der Waals surface area contributed by atoms with Crippen molar-refractivity contribution in [2.45, 2.75) is 33.2 Å². The van der Waals surface area contributed by atoms with E-state index in [1.54, 1.807) is 12.4 Å². The Labute approximate surface area is 135 Å². The molecule has 2 heterocycles. The zero-order valence-corrected chi connectivity index (χ0v) is 13.4. The van der Waals surface area contributed by atoms with Gasteiger partial charge in [0.05, 0.1) is 17.5 Å². The first-order valence-corrected chi connectivity index (χ1v) is 7.89. The Morgan fingerprint density at radius 2 is 2.13 bits per heavy atom. The molecule has 118 valence electrons. The summed E-state index contributed by atoms with van der Waals surface area (Å²) in [6.07, 6.45) is 4.62. The number of fused-ring (bicyclic) bond motifs is 1. The van der Waals surface area contributed by atoms with Crippen LogP contribution in [0.1, 0.15) is 25.2 Å². The highest BCUT2D eigenvalue weighted by atomic mass is 16.1. The van der Waals surface area contributed by atoms with Crippen LogP contribution in [0.5, 0.6) is 0 Å². The molecular weight excluding hydrogens is 288 g/mol. The van der Waals surface area contributed by atoms with Gasteiger partial charge in [0.25, 0.3) is 0 Å². The van der Waals surface area contributed by atoms with Crippen LogP contribution in [-0.2, 0) is 24.2 Å². The van der Waals surface area contributed by atoms with Gasteiger partial charge in [-0.15, -0.1) is 0 Å². The third-order valence-electron chi connectivity index (χ3n) is 3.83. The number of imidazole rings is 1. The predicted octanol–water partition coefficient (Wildman–Crippen LogP) is 3.19. The largest absolute Gasteiger partial charge is 0.328 e. The molecule has 0 fully saturated rings. The average molecular weight is 308 g/mol. The third-order valence-corrected chi connectivity index (χ3v) is 3.83. The maximum absolute atomic E-state index is 12.1. The number of nitrogens with zero attached hydrogens (tertiary/aromatic N) is 3. The van der Waals surface area contributed by atoms with E-state index in [0.717, 1.165) is 41.1 Å². The molecule has 2 aromatic heterocycles. The third kappa shape index (κ3) is 3.23. The molecule has 3 rings (SSSR count). The van der Waals surface area contributed by atoms with Crippen molar-refractivity contribution >= 4 is 22.6 Å². The molecule has 1 amide bonds. The number of pyridine rings is 1. The van der Waals surface area contributed by atoms with E-state index < -0.39 is 0 Å². The lowest BCUT2D eigenvalue weighted by Crippen LogP contribution is -2.14. The Hall–Kier alpha value is -2.69. The molecule has 0 aliphatic heterocycles. The van der Waals surface area contributed by atoms with Crippen molar-refractivity contribution in [3.63, 3.8) is 0 Å². The quantitative estimate of drug-likeness (QED) is 0.787. The smallest absolute Gasteiger partial charge is 0.228 e. The number of hydrogen-bond acceptors (Lipinski definition) is 3. The van der Waals surface area contributed by atoms with Crippen molar-refractivity contribution in [3.8, 4) is 0 Å². The highest BCUT2D eigenvalue weighted by Gasteiger charge is 2.10. The van der Waals surface area contributed by atoms with E-state index in [9.17, 15) is 4.79 Å². The molecule has 3 aromatic rings. The van der Waals surface area contributed by atoms with E-state index in [-0.39, 0.29) is 5.91 Å². The van der Waals surface area contributed by atoms with Crippen LogP contribution < -0.4 is 5.32 Å². The number of aromatic nitrogens is 3. The number of nitrogens with one attached hydrogen (secondary N) is 1. The van der Waals surface area contributed by atoms with Crippen LogP contribution in [0.3, 0.4) is 0 Å². The minimum absolute atomic E-state index is 0.0528. The van der Waals surface area contributed by atoms with E-state index in [1.165, 1.54) is 0 Å². The second-order valence-electron chi connectivity index (χ2n) is 5.42.